The number of anilines is 1. The van der Waals surface area contributed by atoms with Gasteiger partial charge in [-0.3, -0.25) is 0 Å². The van der Waals surface area contributed by atoms with Gasteiger partial charge in [0, 0.05) is 18.0 Å². The van der Waals surface area contributed by atoms with Gasteiger partial charge in [-0.15, -0.1) is 0 Å². The molecule has 0 saturated heterocycles. The van der Waals surface area contributed by atoms with Gasteiger partial charge in [-0.1, -0.05) is 57.2 Å². The molecule has 1 aliphatic rings. The summed E-state index contributed by atoms with van der Waals surface area (Å²) in [6.07, 6.45) is 3.28. The minimum Gasteiger partial charge on any atom is -0.377 e. The number of rotatable bonds is 5. The Hall–Kier alpha value is -2.07. The summed E-state index contributed by atoms with van der Waals surface area (Å²) in [6.45, 7) is 9.74. The van der Waals surface area contributed by atoms with Gasteiger partial charge in [-0.05, 0) is 17.6 Å². The van der Waals surface area contributed by atoms with Gasteiger partial charge in [0.25, 0.3) is 0 Å². The first kappa shape index (κ1) is 16.8. The molecule has 0 amide bonds. The summed E-state index contributed by atoms with van der Waals surface area (Å²) in [5.74, 6) is 1.07. The molecule has 0 saturated carbocycles. The van der Waals surface area contributed by atoms with Crippen LogP contribution in [0.25, 0.3) is 0 Å². The second-order valence-electron chi connectivity index (χ2n) is 7.37. The van der Waals surface area contributed by atoms with Gasteiger partial charge in [0.15, 0.2) is 0 Å². The monoisotopic (exact) mass is 325 g/mol. The zero-order valence-corrected chi connectivity index (χ0v) is 14.9. The molecule has 0 fully saturated rings. The van der Waals surface area contributed by atoms with E-state index in [9.17, 15) is 0 Å². The van der Waals surface area contributed by atoms with Crippen molar-refractivity contribution in [3.63, 3.8) is 0 Å². The van der Waals surface area contributed by atoms with Crippen LogP contribution in [0.15, 0.2) is 48.0 Å². The summed E-state index contributed by atoms with van der Waals surface area (Å²) in [7, 11) is 0. The van der Waals surface area contributed by atoms with Crippen molar-refractivity contribution in [2.45, 2.75) is 39.2 Å². The number of hydrogen-bond acceptors (Lipinski definition) is 3. The fourth-order valence-electron chi connectivity index (χ4n) is 2.74. The predicted octanol–water partition coefficient (Wildman–Crippen LogP) is 3.99. The Balaban J connectivity index is 1.79. The lowest BCUT2D eigenvalue weighted by molar-refractivity contribution is 0.150. The number of aromatic nitrogens is 2. The van der Waals surface area contributed by atoms with Gasteiger partial charge in [-0.2, -0.15) is 5.10 Å². The van der Waals surface area contributed by atoms with Crippen LogP contribution in [0.2, 0.25) is 0 Å². The van der Waals surface area contributed by atoms with E-state index in [1.165, 1.54) is 11.1 Å². The van der Waals surface area contributed by atoms with Crippen molar-refractivity contribution in [3.05, 3.63) is 59.3 Å². The molecule has 2 aromatic rings. The molecule has 4 nitrogen and oxygen atoms in total. The molecule has 128 valence electrons. The van der Waals surface area contributed by atoms with E-state index in [2.05, 4.69) is 67.2 Å². The van der Waals surface area contributed by atoms with Crippen LogP contribution in [0.4, 0.5) is 5.82 Å². The molecule has 3 rings (SSSR count). The fourth-order valence-corrected chi connectivity index (χ4v) is 2.74. The molecule has 1 aromatic heterocycles. The highest BCUT2D eigenvalue weighted by atomic mass is 16.5. The molecule has 1 aliphatic heterocycles. The van der Waals surface area contributed by atoms with E-state index in [-0.39, 0.29) is 5.41 Å². The molecule has 0 atom stereocenters. The van der Waals surface area contributed by atoms with Crippen molar-refractivity contribution >= 4 is 5.82 Å². The van der Waals surface area contributed by atoms with Crippen molar-refractivity contribution in [2.24, 2.45) is 0 Å². The van der Waals surface area contributed by atoms with Crippen LogP contribution < -0.4 is 5.32 Å². The average Bonchev–Trinajstić information content (AvgIpc) is 2.98. The van der Waals surface area contributed by atoms with Crippen molar-refractivity contribution in [3.8, 4) is 0 Å². The predicted molar refractivity (Wildman–Crippen MR) is 98.5 cm³/mol. The summed E-state index contributed by atoms with van der Waals surface area (Å²) in [5.41, 5.74) is 3.70. The Bertz CT molecular complexity index is 695. The molecular formula is C20H27N3O. The van der Waals surface area contributed by atoms with E-state index in [0.717, 1.165) is 44.2 Å². The molecule has 24 heavy (non-hydrogen) atoms. The van der Waals surface area contributed by atoms with Gasteiger partial charge in [0.05, 0.1) is 25.5 Å². The van der Waals surface area contributed by atoms with E-state index in [0.29, 0.717) is 0 Å². The van der Waals surface area contributed by atoms with Crippen molar-refractivity contribution in [1.82, 2.24) is 9.78 Å². The first-order valence-electron chi connectivity index (χ1n) is 8.64. The Morgan fingerprint density at radius 1 is 1.21 bits per heavy atom. The maximum Gasteiger partial charge on any atom is 0.125 e. The average molecular weight is 325 g/mol. The van der Waals surface area contributed by atoms with Gasteiger partial charge < -0.3 is 10.1 Å². The van der Waals surface area contributed by atoms with E-state index in [1.807, 2.05) is 6.07 Å². The van der Waals surface area contributed by atoms with Crippen LogP contribution in [-0.2, 0) is 16.7 Å². The molecule has 1 N–H and O–H groups in total. The largest absolute Gasteiger partial charge is 0.377 e. The van der Waals surface area contributed by atoms with Crippen LogP contribution in [0, 0.1) is 0 Å². The third-order valence-electron chi connectivity index (χ3n) is 4.20. The van der Waals surface area contributed by atoms with Crippen molar-refractivity contribution in [2.75, 3.05) is 25.1 Å². The van der Waals surface area contributed by atoms with E-state index in [1.54, 1.807) is 0 Å². The Morgan fingerprint density at radius 3 is 2.67 bits per heavy atom. The van der Waals surface area contributed by atoms with Crippen LogP contribution >= 0.6 is 0 Å². The van der Waals surface area contributed by atoms with Gasteiger partial charge in [0.2, 0.25) is 0 Å². The quantitative estimate of drug-likeness (QED) is 0.845. The zero-order valence-electron chi connectivity index (χ0n) is 14.9. The highest BCUT2D eigenvalue weighted by Gasteiger charge is 2.20. The van der Waals surface area contributed by atoms with Gasteiger partial charge in [0.1, 0.15) is 5.82 Å². The van der Waals surface area contributed by atoms with E-state index < -0.39 is 0 Å². The Morgan fingerprint density at radius 2 is 2.00 bits per heavy atom. The summed E-state index contributed by atoms with van der Waals surface area (Å²) < 4.78 is 7.59. The first-order valence-corrected chi connectivity index (χ1v) is 8.64. The minimum atomic E-state index is 0.0333. The lowest BCUT2D eigenvalue weighted by Crippen LogP contribution is -2.16. The molecule has 0 aliphatic carbocycles. The van der Waals surface area contributed by atoms with Crippen LogP contribution in [0.3, 0.4) is 0 Å². The number of nitrogens with zero attached hydrogens (tertiary/aromatic N) is 2. The maximum atomic E-state index is 5.53. The highest BCUT2D eigenvalue weighted by molar-refractivity contribution is 5.41. The maximum absolute atomic E-state index is 5.53. The van der Waals surface area contributed by atoms with Gasteiger partial charge in [-0.25, -0.2) is 4.68 Å². The fraction of sp³-hybridized carbons (Fsp3) is 0.450. The molecular weight excluding hydrogens is 298 g/mol. The second-order valence-corrected chi connectivity index (χ2v) is 7.37. The zero-order chi connectivity index (χ0) is 17.0. The number of hydrogen-bond donors (Lipinski definition) is 1. The van der Waals surface area contributed by atoms with Crippen LogP contribution in [-0.4, -0.2) is 29.5 Å². The Kier molecular flexibility index (Phi) is 5.05. The molecule has 0 spiro atoms. The number of ether oxygens (including phenoxy) is 1. The molecule has 0 radical (unpaired) electrons. The normalized spacial score (nSPS) is 15.2. The minimum absolute atomic E-state index is 0.0333. The Labute approximate surface area is 144 Å². The van der Waals surface area contributed by atoms with Crippen molar-refractivity contribution < 1.29 is 4.74 Å². The third kappa shape index (κ3) is 4.26. The topological polar surface area (TPSA) is 39.1 Å². The smallest absolute Gasteiger partial charge is 0.125 e. The first-order chi connectivity index (χ1) is 11.5. The summed E-state index contributed by atoms with van der Waals surface area (Å²) in [4.78, 5) is 0. The highest BCUT2D eigenvalue weighted by Crippen LogP contribution is 2.25. The summed E-state index contributed by atoms with van der Waals surface area (Å²) >= 11 is 0. The molecule has 4 heteroatoms. The van der Waals surface area contributed by atoms with Crippen molar-refractivity contribution in [1.29, 1.82) is 0 Å². The summed E-state index contributed by atoms with van der Waals surface area (Å²) in [6, 6.07) is 12.6. The lowest BCUT2D eigenvalue weighted by atomic mass is 9.92. The van der Waals surface area contributed by atoms with Crippen LogP contribution in [0.5, 0.6) is 0 Å². The molecule has 2 heterocycles. The second kappa shape index (κ2) is 7.22. The SMILES string of the molecule is CC(C)(C)c1cc(NCC2=CCCOC2)n(Cc2ccccc2)n1. The van der Waals surface area contributed by atoms with Gasteiger partial charge >= 0.3 is 0 Å². The third-order valence-corrected chi connectivity index (χ3v) is 4.20. The number of nitrogens with one attached hydrogen (secondary N) is 1. The molecule has 1 aromatic carbocycles. The number of benzene rings is 1. The standard InChI is InChI=1S/C20H27N3O/c1-20(2,3)18-12-19(21-13-17-10-7-11-24-15-17)23(22-18)14-16-8-5-4-6-9-16/h4-6,8-10,12,21H,7,11,13-15H2,1-3H3. The molecule has 0 bridgehead atoms. The van der Waals surface area contributed by atoms with E-state index in [4.69, 9.17) is 9.84 Å². The molecule has 0 unspecified atom stereocenters. The van der Waals surface area contributed by atoms with E-state index >= 15 is 0 Å². The lowest BCUT2D eigenvalue weighted by Gasteiger charge is -2.15. The van der Waals surface area contributed by atoms with Crippen LogP contribution in [0.1, 0.15) is 38.4 Å². The summed E-state index contributed by atoms with van der Waals surface area (Å²) in [5, 5.41) is 8.39.